The van der Waals surface area contributed by atoms with Crippen LogP contribution in [0.2, 0.25) is 0 Å². The van der Waals surface area contributed by atoms with E-state index in [0.29, 0.717) is 19.7 Å². The van der Waals surface area contributed by atoms with Crippen molar-refractivity contribution in [2.45, 2.75) is 18.6 Å². The molecule has 1 aromatic carbocycles. The van der Waals surface area contributed by atoms with Gasteiger partial charge in [-0.25, -0.2) is 9.97 Å². The van der Waals surface area contributed by atoms with Crippen LogP contribution in [-0.4, -0.2) is 98.5 Å². The minimum absolute atomic E-state index is 0.569. The summed E-state index contributed by atoms with van der Waals surface area (Å²) in [5.41, 5.74) is 0.445. The van der Waals surface area contributed by atoms with Crippen LogP contribution >= 0.6 is 0 Å². The summed E-state index contributed by atoms with van der Waals surface area (Å²) in [7, 11) is 10.0. The van der Waals surface area contributed by atoms with Crippen molar-refractivity contribution in [2.24, 2.45) is 0 Å². The molecule has 1 aliphatic heterocycles. The van der Waals surface area contributed by atoms with Gasteiger partial charge in [0.25, 0.3) is 0 Å². The Morgan fingerprint density at radius 1 is 1.10 bits per heavy atom. The van der Waals surface area contributed by atoms with Crippen LogP contribution in [0.3, 0.4) is 0 Å². The average molecular weight is 429 g/mol. The number of hydrogen-bond acceptors (Lipinski definition) is 8. The van der Waals surface area contributed by atoms with Gasteiger partial charge >= 0.3 is 0 Å². The highest BCUT2D eigenvalue weighted by molar-refractivity contribution is 5.50. The van der Waals surface area contributed by atoms with Gasteiger partial charge in [0.2, 0.25) is 0 Å². The van der Waals surface area contributed by atoms with Gasteiger partial charge in [0, 0.05) is 52.9 Å². The van der Waals surface area contributed by atoms with Gasteiger partial charge in [0.05, 0.1) is 5.60 Å². The summed E-state index contributed by atoms with van der Waals surface area (Å²) in [6.45, 7) is 4.31. The van der Waals surface area contributed by atoms with Crippen molar-refractivity contribution in [3.05, 3.63) is 42.2 Å². The van der Waals surface area contributed by atoms with Crippen LogP contribution in [0.4, 0.5) is 11.6 Å². The third-order valence-electron chi connectivity index (χ3n) is 5.50. The lowest BCUT2D eigenvalue weighted by molar-refractivity contribution is 0.0279. The van der Waals surface area contributed by atoms with E-state index in [9.17, 15) is 5.11 Å². The average Bonchev–Trinajstić information content (AvgIpc) is 3.10. The Bertz CT molecular complexity index is 829. The number of anilines is 2. The van der Waals surface area contributed by atoms with Gasteiger partial charge in [-0.2, -0.15) is 0 Å². The summed E-state index contributed by atoms with van der Waals surface area (Å²) < 4.78 is 5.76. The van der Waals surface area contributed by atoms with Crippen molar-refractivity contribution in [2.75, 3.05) is 77.8 Å². The van der Waals surface area contributed by atoms with E-state index in [0.717, 1.165) is 43.4 Å². The summed E-state index contributed by atoms with van der Waals surface area (Å²) in [6, 6.07) is 10.2. The van der Waals surface area contributed by atoms with Crippen molar-refractivity contribution in [3.8, 4) is 5.75 Å². The fourth-order valence-corrected chi connectivity index (χ4v) is 3.84. The zero-order valence-electron chi connectivity index (χ0n) is 19.5. The van der Waals surface area contributed by atoms with Crippen molar-refractivity contribution in [1.29, 1.82) is 0 Å². The maximum absolute atomic E-state index is 11.2. The number of benzene rings is 1. The summed E-state index contributed by atoms with van der Waals surface area (Å²) in [5.74, 6) is 2.62. The van der Waals surface area contributed by atoms with E-state index in [1.54, 1.807) is 6.33 Å². The first-order valence-electron chi connectivity index (χ1n) is 10.8. The SMILES string of the molecule is CN(C)CCOc1ccc(CN(C)C[C@@]2(O)CCN(c3cc(N(C)C)ncn3)C2)cc1. The Balaban J connectivity index is 1.51. The molecule has 8 heteroatoms. The van der Waals surface area contributed by atoms with E-state index in [-0.39, 0.29) is 0 Å². The molecule has 8 nitrogen and oxygen atoms in total. The molecule has 0 spiro atoms. The zero-order valence-corrected chi connectivity index (χ0v) is 19.5. The fraction of sp³-hybridized carbons (Fsp3) is 0.565. The second-order valence-electron chi connectivity index (χ2n) is 8.99. The molecule has 170 valence electrons. The van der Waals surface area contributed by atoms with Crippen LogP contribution in [0.25, 0.3) is 0 Å². The smallest absolute Gasteiger partial charge is 0.134 e. The fourth-order valence-electron chi connectivity index (χ4n) is 3.84. The summed E-state index contributed by atoms with van der Waals surface area (Å²) in [6.07, 6.45) is 2.30. The van der Waals surface area contributed by atoms with E-state index in [1.165, 1.54) is 5.56 Å². The molecular weight excluding hydrogens is 392 g/mol. The third-order valence-corrected chi connectivity index (χ3v) is 5.50. The highest BCUT2D eigenvalue weighted by Crippen LogP contribution is 2.27. The standard InChI is InChI=1S/C23H36N6O2/c1-26(2)12-13-31-20-8-6-19(7-9-20)15-28(5)16-23(30)10-11-29(17-23)22-14-21(27(3)4)24-18-25-22/h6-9,14,18,30H,10-13,15-17H2,1-5H3/t23-/m0/s1. The Morgan fingerprint density at radius 3 is 2.52 bits per heavy atom. The van der Waals surface area contributed by atoms with Gasteiger partial charge in [-0.3, -0.25) is 4.90 Å². The molecule has 3 rings (SSSR count). The van der Waals surface area contributed by atoms with Crippen molar-refractivity contribution >= 4 is 11.6 Å². The number of hydrogen-bond donors (Lipinski definition) is 1. The molecule has 2 heterocycles. The molecule has 0 saturated carbocycles. The van der Waals surface area contributed by atoms with E-state index >= 15 is 0 Å². The largest absolute Gasteiger partial charge is 0.492 e. The van der Waals surface area contributed by atoms with Crippen LogP contribution < -0.4 is 14.5 Å². The quantitative estimate of drug-likeness (QED) is 0.612. The Kier molecular flexibility index (Phi) is 7.69. The topological polar surface area (TPSA) is 68.2 Å². The Hall–Kier alpha value is -2.42. The normalized spacial score (nSPS) is 18.8. The van der Waals surface area contributed by atoms with Crippen molar-refractivity contribution in [3.63, 3.8) is 0 Å². The molecular formula is C23H36N6O2. The minimum Gasteiger partial charge on any atom is -0.492 e. The molecule has 1 aromatic heterocycles. The van der Waals surface area contributed by atoms with Crippen LogP contribution in [0, 0.1) is 0 Å². The lowest BCUT2D eigenvalue weighted by atomic mass is 10.0. The molecule has 31 heavy (non-hydrogen) atoms. The van der Waals surface area contributed by atoms with E-state index < -0.39 is 5.60 Å². The molecule has 1 fully saturated rings. The molecule has 0 radical (unpaired) electrons. The highest BCUT2D eigenvalue weighted by atomic mass is 16.5. The Morgan fingerprint density at radius 2 is 1.84 bits per heavy atom. The van der Waals surface area contributed by atoms with Gasteiger partial charge < -0.3 is 24.5 Å². The van der Waals surface area contributed by atoms with Crippen LogP contribution in [0.15, 0.2) is 36.7 Å². The molecule has 0 bridgehead atoms. The Labute approximate surface area is 186 Å². The number of β-amino-alcohol motifs (C(OH)–C–C–N with tert-alkyl or cyclic N) is 1. The molecule has 2 aromatic rings. The first-order chi connectivity index (χ1) is 14.7. The maximum Gasteiger partial charge on any atom is 0.134 e. The van der Waals surface area contributed by atoms with Crippen LogP contribution in [0.5, 0.6) is 5.75 Å². The van der Waals surface area contributed by atoms with E-state index in [2.05, 4.69) is 43.8 Å². The summed E-state index contributed by atoms with van der Waals surface area (Å²) in [4.78, 5) is 17.1. The van der Waals surface area contributed by atoms with Crippen LogP contribution in [0.1, 0.15) is 12.0 Å². The van der Waals surface area contributed by atoms with Gasteiger partial charge in [-0.1, -0.05) is 12.1 Å². The van der Waals surface area contributed by atoms with Crippen LogP contribution in [-0.2, 0) is 6.54 Å². The van der Waals surface area contributed by atoms with Gasteiger partial charge in [-0.15, -0.1) is 0 Å². The predicted octanol–water partition coefficient (Wildman–Crippen LogP) is 1.56. The predicted molar refractivity (Wildman–Crippen MR) is 125 cm³/mol. The van der Waals surface area contributed by atoms with Crippen molar-refractivity contribution in [1.82, 2.24) is 19.8 Å². The monoisotopic (exact) mass is 428 g/mol. The first kappa shape index (κ1) is 23.2. The van der Waals surface area contributed by atoms with Gasteiger partial charge in [0.15, 0.2) is 0 Å². The molecule has 1 N–H and O–H groups in total. The molecule has 0 aliphatic carbocycles. The summed E-state index contributed by atoms with van der Waals surface area (Å²) >= 11 is 0. The van der Waals surface area contributed by atoms with E-state index in [4.69, 9.17) is 4.74 Å². The second-order valence-corrected chi connectivity index (χ2v) is 8.99. The molecule has 1 aliphatic rings. The summed E-state index contributed by atoms with van der Waals surface area (Å²) in [5, 5.41) is 11.2. The molecule has 1 atom stereocenters. The lowest BCUT2D eigenvalue weighted by Gasteiger charge is -2.29. The second kappa shape index (κ2) is 10.3. The first-order valence-corrected chi connectivity index (χ1v) is 10.8. The number of aliphatic hydroxyl groups is 1. The molecule has 0 amide bonds. The minimum atomic E-state index is -0.757. The number of ether oxygens (including phenoxy) is 1. The lowest BCUT2D eigenvalue weighted by Crippen LogP contribution is -2.43. The number of nitrogens with zero attached hydrogens (tertiary/aromatic N) is 6. The number of rotatable bonds is 10. The van der Waals surface area contributed by atoms with Crippen molar-refractivity contribution < 1.29 is 9.84 Å². The number of likely N-dealkylation sites (N-methyl/N-ethyl adjacent to an activating group) is 2. The van der Waals surface area contributed by atoms with Gasteiger partial charge in [0.1, 0.15) is 30.3 Å². The zero-order chi connectivity index (χ0) is 22.4. The molecule has 1 saturated heterocycles. The number of aromatic nitrogens is 2. The van der Waals surface area contributed by atoms with E-state index in [1.807, 2.05) is 51.3 Å². The maximum atomic E-state index is 11.2. The highest BCUT2D eigenvalue weighted by Gasteiger charge is 2.37. The third kappa shape index (κ3) is 6.78. The van der Waals surface area contributed by atoms with Gasteiger partial charge in [-0.05, 0) is 45.3 Å². The molecule has 0 unspecified atom stereocenters.